The molecule has 0 N–H and O–H groups in total. The van der Waals surface area contributed by atoms with E-state index in [1.165, 1.54) is 135 Å². The SMILES string of the molecule is CCCCCCCCCCCCCCCCCCS(=O)(=O)[O-].CCCC[P+](CCCC)(CCCC)CCCC. The van der Waals surface area contributed by atoms with Gasteiger partial charge in [0, 0.05) is 13.0 Å². The van der Waals surface area contributed by atoms with E-state index in [1.807, 2.05) is 0 Å². The highest BCUT2D eigenvalue weighted by Crippen LogP contribution is 2.61. The maximum atomic E-state index is 10.4. The lowest BCUT2D eigenvalue weighted by Gasteiger charge is -2.28. The average Bonchev–Trinajstić information content (AvgIpc) is 2.92. The minimum Gasteiger partial charge on any atom is -0.748 e. The lowest BCUT2D eigenvalue weighted by molar-refractivity contribution is 0.459. The molecule has 0 rings (SSSR count). The van der Waals surface area contributed by atoms with E-state index >= 15 is 0 Å². The van der Waals surface area contributed by atoms with Crippen molar-refractivity contribution in [2.75, 3.05) is 30.4 Å². The second-order valence-electron chi connectivity index (χ2n) is 12.2. The van der Waals surface area contributed by atoms with E-state index in [2.05, 4.69) is 34.6 Å². The van der Waals surface area contributed by atoms with E-state index in [0.717, 1.165) is 12.8 Å². The van der Waals surface area contributed by atoms with Gasteiger partial charge in [0.25, 0.3) is 0 Å². The van der Waals surface area contributed by atoms with Gasteiger partial charge in [0.1, 0.15) is 0 Å². The molecule has 0 aliphatic carbocycles. The Morgan fingerprint density at radius 3 is 0.846 bits per heavy atom. The van der Waals surface area contributed by atoms with E-state index in [1.54, 1.807) is 24.6 Å². The molecule has 0 aliphatic rings. The van der Waals surface area contributed by atoms with Crippen molar-refractivity contribution in [3.8, 4) is 0 Å². The zero-order chi connectivity index (χ0) is 29.5. The molecule has 0 saturated heterocycles. The van der Waals surface area contributed by atoms with Crippen molar-refractivity contribution >= 4 is 17.4 Å². The lowest BCUT2D eigenvalue weighted by Crippen LogP contribution is -2.12. The summed E-state index contributed by atoms with van der Waals surface area (Å²) in [5.74, 6) is -0.189. The number of unbranched alkanes of at least 4 members (excludes halogenated alkanes) is 19. The van der Waals surface area contributed by atoms with Crippen molar-refractivity contribution in [3.05, 3.63) is 0 Å². The van der Waals surface area contributed by atoms with Crippen molar-refractivity contribution in [3.63, 3.8) is 0 Å². The highest BCUT2D eigenvalue weighted by atomic mass is 32.2. The molecule has 0 heterocycles. The van der Waals surface area contributed by atoms with Crippen LogP contribution in [-0.4, -0.2) is 43.4 Å². The summed E-state index contributed by atoms with van der Waals surface area (Å²) in [4.78, 5) is 0. The van der Waals surface area contributed by atoms with Crippen LogP contribution < -0.4 is 0 Å². The number of hydrogen-bond acceptors (Lipinski definition) is 3. The molecular weight excluding hydrogens is 519 g/mol. The monoisotopic (exact) mass is 593 g/mol. The van der Waals surface area contributed by atoms with Gasteiger partial charge >= 0.3 is 0 Å². The van der Waals surface area contributed by atoms with Crippen LogP contribution in [0.5, 0.6) is 0 Å². The summed E-state index contributed by atoms with van der Waals surface area (Å²) in [5, 5.41) is 0. The maximum absolute atomic E-state index is 10.4. The zero-order valence-electron chi connectivity index (χ0n) is 27.6. The molecule has 0 bridgehead atoms. The smallest absolute Gasteiger partial charge is 0.0945 e. The summed E-state index contributed by atoms with van der Waals surface area (Å²) in [6, 6.07) is 0. The molecule has 39 heavy (non-hydrogen) atoms. The summed E-state index contributed by atoms with van der Waals surface area (Å²) in [5.41, 5.74) is 0. The lowest BCUT2D eigenvalue weighted by atomic mass is 10.0. The van der Waals surface area contributed by atoms with Crippen LogP contribution in [0.15, 0.2) is 0 Å². The van der Waals surface area contributed by atoms with Gasteiger partial charge in [0.05, 0.1) is 34.8 Å². The van der Waals surface area contributed by atoms with Crippen LogP contribution in [-0.2, 0) is 10.1 Å². The van der Waals surface area contributed by atoms with E-state index in [-0.39, 0.29) is 5.75 Å². The first-order chi connectivity index (χ1) is 18.8. The van der Waals surface area contributed by atoms with Gasteiger partial charge in [-0.15, -0.1) is 0 Å². The molecule has 0 unspecified atom stereocenters. The molecule has 238 valence electrons. The molecule has 0 amide bonds. The first-order valence-corrected chi connectivity index (χ1v) is 21.7. The van der Waals surface area contributed by atoms with Crippen LogP contribution in [0.4, 0.5) is 0 Å². The van der Waals surface area contributed by atoms with Crippen molar-refractivity contribution < 1.29 is 13.0 Å². The highest BCUT2D eigenvalue weighted by Gasteiger charge is 2.34. The molecule has 0 radical (unpaired) electrons. The first-order valence-electron chi connectivity index (χ1n) is 17.6. The predicted octanol–water partition coefficient (Wildman–Crippen LogP) is 12.0. The van der Waals surface area contributed by atoms with Crippen molar-refractivity contribution in [2.45, 2.75) is 189 Å². The van der Waals surface area contributed by atoms with Gasteiger partial charge in [-0.3, -0.25) is 0 Å². The van der Waals surface area contributed by atoms with Crippen LogP contribution in [0.3, 0.4) is 0 Å². The summed E-state index contributed by atoms with van der Waals surface area (Å²) < 4.78 is 31.3. The third-order valence-electron chi connectivity index (χ3n) is 8.19. The predicted molar refractivity (Wildman–Crippen MR) is 180 cm³/mol. The topological polar surface area (TPSA) is 57.2 Å². The Kier molecular flexibility index (Phi) is 33.3. The second-order valence-corrected chi connectivity index (χ2v) is 18.2. The van der Waals surface area contributed by atoms with Gasteiger partial charge < -0.3 is 4.55 Å². The van der Waals surface area contributed by atoms with Crippen molar-refractivity contribution in [1.82, 2.24) is 0 Å². The molecule has 0 aromatic heterocycles. The summed E-state index contributed by atoms with van der Waals surface area (Å²) in [7, 11) is -4.56. The molecule has 0 aromatic rings. The fourth-order valence-corrected chi connectivity index (χ4v) is 11.3. The Bertz CT molecular complexity index is 527. The van der Waals surface area contributed by atoms with Gasteiger partial charge in [-0.2, -0.15) is 0 Å². The van der Waals surface area contributed by atoms with Crippen molar-refractivity contribution in [2.24, 2.45) is 0 Å². The molecule has 0 atom stereocenters. The van der Waals surface area contributed by atoms with E-state index in [4.69, 9.17) is 0 Å². The van der Waals surface area contributed by atoms with E-state index < -0.39 is 17.4 Å². The third-order valence-corrected chi connectivity index (χ3v) is 14.0. The highest BCUT2D eigenvalue weighted by molar-refractivity contribution is 7.85. The molecule has 3 nitrogen and oxygen atoms in total. The normalized spacial score (nSPS) is 11.9. The Morgan fingerprint density at radius 1 is 0.385 bits per heavy atom. The van der Waals surface area contributed by atoms with Crippen LogP contribution >= 0.6 is 7.26 Å². The van der Waals surface area contributed by atoms with Crippen molar-refractivity contribution in [1.29, 1.82) is 0 Å². The third kappa shape index (κ3) is 32.7. The first kappa shape index (κ1) is 41.5. The summed E-state index contributed by atoms with van der Waals surface area (Å²) in [6.07, 6.45) is 38.0. The minimum absolute atomic E-state index is 0.189. The van der Waals surface area contributed by atoms with Crippen LogP contribution in [0.1, 0.15) is 189 Å². The van der Waals surface area contributed by atoms with Gasteiger partial charge in [-0.25, -0.2) is 8.42 Å². The maximum Gasteiger partial charge on any atom is 0.0945 e. The van der Waals surface area contributed by atoms with Gasteiger partial charge in [-0.1, -0.05) is 157 Å². The zero-order valence-corrected chi connectivity index (χ0v) is 29.3. The summed E-state index contributed by atoms with van der Waals surface area (Å²) in [6.45, 7) is 11.7. The Balaban J connectivity index is 0. The molecule has 0 fully saturated rings. The van der Waals surface area contributed by atoms with Gasteiger partial charge in [0.15, 0.2) is 0 Å². The summed E-state index contributed by atoms with van der Waals surface area (Å²) >= 11 is 0. The van der Waals surface area contributed by atoms with Gasteiger partial charge in [0.2, 0.25) is 0 Å². The Morgan fingerprint density at radius 2 is 0.615 bits per heavy atom. The molecule has 0 spiro atoms. The van der Waals surface area contributed by atoms with E-state index in [0.29, 0.717) is 6.42 Å². The molecule has 0 saturated carbocycles. The second kappa shape index (κ2) is 31.3. The molecular formula is C34H73O3PS. The quantitative estimate of drug-likeness (QED) is 0.0493. The molecule has 0 aliphatic heterocycles. The average molecular weight is 593 g/mol. The molecule has 0 aromatic carbocycles. The van der Waals surface area contributed by atoms with Crippen LogP contribution in [0.2, 0.25) is 0 Å². The fraction of sp³-hybridized carbons (Fsp3) is 1.00. The van der Waals surface area contributed by atoms with Crippen LogP contribution in [0, 0.1) is 0 Å². The minimum atomic E-state index is -3.99. The number of rotatable bonds is 29. The Labute approximate surface area is 249 Å². The van der Waals surface area contributed by atoms with Crippen LogP contribution in [0.25, 0.3) is 0 Å². The van der Waals surface area contributed by atoms with Gasteiger partial charge in [-0.05, 0) is 32.1 Å². The Hall–Kier alpha value is 0.340. The van der Waals surface area contributed by atoms with E-state index in [9.17, 15) is 13.0 Å². The fourth-order valence-electron chi connectivity index (χ4n) is 5.47. The largest absolute Gasteiger partial charge is 0.748 e. The number of hydrogen-bond donors (Lipinski definition) is 0. The standard InChI is InChI=1S/C18H38O3S.C16H36P/c1-2-3-4-5-6-7-8-9-10-11-12-13-14-15-16-17-18-22(19,20)21;1-5-9-13-17(14-10-6-2,15-11-7-3)16-12-8-4/h2-18H2,1H3,(H,19,20,21);5-16H2,1-4H3/q;+1/p-1. The molecule has 5 heteroatoms.